The number of hydrogen-bond acceptors (Lipinski definition) is 19. The van der Waals surface area contributed by atoms with Crippen LogP contribution in [0.5, 0.6) is 0 Å². The molecule has 3 heterocycles. The van der Waals surface area contributed by atoms with E-state index in [1.807, 2.05) is 291 Å². The number of rotatable bonds is 39. The van der Waals surface area contributed by atoms with Gasteiger partial charge in [0.05, 0.1) is 90.3 Å². The Morgan fingerprint density at radius 2 is 0.812 bits per heavy atom. The third-order valence-electron chi connectivity index (χ3n) is 31.6. The number of benzene rings is 10. The summed E-state index contributed by atoms with van der Waals surface area (Å²) in [5, 5.41) is 12.0. The Morgan fingerprint density at radius 1 is 0.399 bits per heavy atom. The number of aliphatic carboxylic acids is 1. The molecule has 0 spiro atoms. The minimum Gasteiger partial charge on any atom is -0.481 e. The summed E-state index contributed by atoms with van der Waals surface area (Å²) in [5.41, 5.74) is 6.53. The average Bonchev–Trinajstić information content (AvgIpc) is 1.34. The van der Waals surface area contributed by atoms with Crippen molar-refractivity contribution in [3.8, 4) is 0 Å². The van der Waals surface area contributed by atoms with E-state index in [0.29, 0.717) is 45.1 Å². The number of fused-ring (bicyclic) bond motifs is 6. The molecule has 0 aromatic heterocycles. The van der Waals surface area contributed by atoms with Crippen LogP contribution in [0.25, 0.3) is 0 Å². The molecule has 0 radical (unpaired) electrons. The van der Waals surface area contributed by atoms with E-state index in [1.54, 1.807) is 0 Å². The van der Waals surface area contributed by atoms with Crippen LogP contribution in [0.15, 0.2) is 315 Å². The van der Waals surface area contributed by atoms with Crippen LogP contribution in [-0.2, 0) is 156 Å². The van der Waals surface area contributed by atoms with Gasteiger partial charge < -0.3 is 85.7 Å². The summed E-state index contributed by atoms with van der Waals surface area (Å²) in [4.78, 5) is 46.8. The van der Waals surface area contributed by atoms with Crippen LogP contribution in [0.4, 0.5) is 0 Å². The molecule has 3 saturated heterocycles. The fraction of sp³-hybridized carbons (Fsp3) is 0.449. The first-order valence-corrected chi connectivity index (χ1v) is 49.7. The van der Waals surface area contributed by atoms with Gasteiger partial charge in [0.2, 0.25) is 0 Å². The molecule has 7 fully saturated rings. The van der Waals surface area contributed by atoms with Crippen molar-refractivity contribution in [3.05, 3.63) is 371 Å². The van der Waals surface area contributed by atoms with Gasteiger partial charge in [0, 0.05) is 0 Å². The molecule has 726 valence electrons. The van der Waals surface area contributed by atoms with Gasteiger partial charge in [-0.1, -0.05) is 357 Å². The minimum absolute atomic E-state index is 0.0380. The summed E-state index contributed by atoms with van der Waals surface area (Å²) in [7, 11) is 0. The normalized spacial score (nSPS) is 32.1. The van der Waals surface area contributed by atoms with Gasteiger partial charge in [0.1, 0.15) is 79.3 Å². The lowest BCUT2D eigenvalue weighted by atomic mass is 9.42. The van der Waals surface area contributed by atoms with Crippen molar-refractivity contribution in [1.29, 1.82) is 0 Å². The van der Waals surface area contributed by atoms with Crippen molar-refractivity contribution < 1.29 is 95.3 Å². The van der Waals surface area contributed by atoms with E-state index in [0.717, 1.165) is 81.2 Å². The fourth-order valence-electron chi connectivity index (χ4n) is 23.9. The second kappa shape index (κ2) is 45.3. The Balaban J connectivity index is 0.784. The largest absolute Gasteiger partial charge is 0.481 e. The molecule has 10 aromatic carbocycles. The first kappa shape index (κ1) is 98.1. The highest BCUT2D eigenvalue weighted by molar-refractivity contribution is 5.78. The summed E-state index contributed by atoms with van der Waals surface area (Å²) >= 11 is 0. The molecular weight excluding hydrogens is 1740 g/mol. The smallest absolute Gasteiger partial charge is 0.338 e. The summed E-state index contributed by atoms with van der Waals surface area (Å²) in [6.07, 6.45) is -10.0. The van der Waals surface area contributed by atoms with Gasteiger partial charge in [-0.2, -0.15) is 0 Å². The molecule has 8 aliphatic rings. The Kier molecular flexibility index (Phi) is 32.2. The summed E-state index contributed by atoms with van der Waals surface area (Å²) in [5.74, 6) is -1.83. The first-order chi connectivity index (χ1) is 67.3. The molecule has 0 amide bonds. The third-order valence-corrected chi connectivity index (χ3v) is 31.6. The van der Waals surface area contributed by atoms with E-state index >= 15 is 9.59 Å². The van der Waals surface area contributed by atoms with Crippen molar-refractivity contribution >= 4 is 18.2 Å². The molecule has 20 heteroatoms. The maximum atomic E-state index is 16.5. The zero-order chi connectivity index (χ0) is 95.1. The van der Waals surface area contributed by atoms with Crippen molar-refractivity contribution in [2.75, 3.05) is 13.2 Å². The molecule has 3 aliphatic heterocycles. The summed E-state index contributed by atoms with van der Waals surface area (Å²) in [6.45, 7) is 14.7. The van der Waals surface area contributed by atoms with Crippen molar-refractivity contribution in [2.45, 2.75) is 264 Å². The van der Waals surface area contributed by atoms with Gasteiger partial charge in [-0.3, -0.25) is 4.79 Å². The third kappa shape index (κ3) is 22.5. The van der Waals surface area contributed by atoms with Crippen LogP contribution in [0.2, 0.25) is 0 Å². The summed E-state index contributed by atoms with van der Waals surface area (Å²) < 4.78 is 119. The van der Waals surface area contributed by atoms with Gasteiger partial charge in [0.15, 0.2) is 25.0 Å². The Hall–Kier alpha value is -10.1. The maximum Gasteiger partial charge on any atom is 0.338 e. The Labute approximate surface area is 812 Å². The van der Waals surface area contributed by atoms with E-state index in [9.17, 15) is 9.90 Å². The van der Waals surface area contributed by atoms with Crippen molar-refractivity contribution in [3.63, 3.8) is 0 Å². The van der Waals surface area contributed by atoms with Crippen LogP contribution in [-0.4, -0.2) is 135 Å². The molecule has 1 N–H and O–H groups in total. The number of carboxylic acid groups (broad SMARTS) is 1. The number of carboxylic acids is 1. The molecule has 18 rings (SSSR count). The van der Waals surface area contributed by atoms with Crippen molar-refractivity contribution in [1.82, 2.24) is 0 Å². The molecule has 4 saturated carbocycles. The molecule has 17 unspecified atom stereocenters. The quantitative estimate of drug-likeness (QED) is 0.0164. The predicted molar refractivity (Wildman–Crippen MR) is 521 cm³/mol. The zero-order valence-electron chi connectivity index (χ0n) is 80.2. The van der Waals surface area contributed by atoms with Gasteiger partial charge in [0.25, 0.3) is 0 Å². The highest BCUT2D eigenvalue weighted by Gasteiger charge is 2.69. The second-order valence-corrected chi connectivity index (χ2v) is 40.8. The second-order valence-electron chi connectivity index (χ2n) is 40.8. The lowest BCUT2D eigenvalue weighted by molar-refractivity contribution is -0.401. The zero-order valence-corrected chi connectivity index (χ0v) is 80.2. The van der Waals surface area contributed by atoms with E-state index < -0.39 is 132 Å². The van der Waals surface area contributed by atoms with E-state index in [-0.39, 0.29) is 108 Å². The molecule has 25 atom stereocenters. The monoisotopic (exact) mass is 1870 g/mol. The average molecular weight is 1870 g/mol. The van der Waals surface area contributed by atoms with Gasteiger partial charge in [-0.25, -0.2) is 4.79 Å². The molecule has 10 aromatic rings. The topological polar surface area (TPSA) is 219 Å². The number of ether oxygens (including phenoxy) is 16. The number of carbonyl (C=O) groups excluding carboxylic acids is 2. The highest BCUT2D eigenvalue weighted by atomic mass is 16.8. The lowest BCUT2D eigenvalue weighted by Crippen LogP contribution is -2.69. The first-order valence-electron chi connectivity index (χ1n) is 49.7. The molecule has 138 heavy (non-hydrogen) atoms. The van der Waals surface area contributed by atoms with Gasteiger partial charge in [-0.15, -0.1) is 0 Å². The lowest BCUT2D eigenvalue weighted by Gasteiger charge is -2.63. The van der Waals surface area contributed by atoms with E-state index in [1.165, 1.54) is 5.57 Å². The van der Waals surface area contributed by atoms with Crippen LogP contribution >= 0.6 is 0 Å². The standard InChI is InChI=1S/C118H134O20/c1-80-91-57-60-97-115(4,92(91)58-59-93-94-65-114(2,3)63-64-118(94,113(121)122)99(66-116(80,93)5)125-69-83-41-21-9-22-42-83)62-61-98(117(97,6)79-119)135-112-108(138-111-107(131-75-89-53-33-15-34-54-89)102(128-72-86-47-27-12-28-48-86)101(127-71-85-45-25-11-26-46-85)96(134-111)77-123-67-81-37-17-7-18-38-81)104(103(129-73-87-49-29-13-30-50-87)105(137-112)109(120)132-76-90-55-35-16-36-56-90)136-110-106(130-74-88-51-31-14-32-52-88)100(126-70-84-43-23-10-24-44-84)95(78-133-110)124-68-82-39-19-8-20-40-82/h7-56,59,79-80,91-92,94-108,110-112H,57-58,60-78H2,1-6H3,(H,121,122)/t80?,91?,92?,94?,95-,96?,97?,98+,99?,100?,101+,102?,103+,104?,105?,106?,107?,108?,110+,111+,112-,115?,116?,117?,118-/m1/s1. The maximum absolute atomic E-state index is 16.5. The van der Waals surface area contributed by atoms with Crippen LogP contribution in [0.1, 0.15) is 155 Å². The number of esters is 1. The fourth-order valence-corrected chi connectivity index (χ4v) is 23.9. The van der Waals surface area contributed by atoms with Crippen molar-refractivity contribution in [2.24, 2.45) is 56.7 Å². The van der Waals surface area contributed by atoms with E-state index in [4.69, 9.17) is 75.8 Å². The van der Waals surface area contributed by atoms with Gasteiger partial charge in [-0.05, 0) is 159 Å². The SMILES string of the molecule is CC1C2CCC3C(C)(CC[C@H](O[C@@H]4OC(C(=O)OCc5ccccc5)[C@@H](OCc5ccccc5)C(O[C@@H]5OC[C@@H](OCc6ccccc6)C(OCc6ccccc6)C5OCc5ccccc5)C4O[C@@H]4OC(COCc5ccccc5)[C@H](OCc5ccccc5)C(OCc5ccccc5)C4OCc4ccccc4)C3(C)C=O)C2CC=C2C3CC(C)(C)CC[C@]3(C(=O)O)C(OCc3ccccc3)CC21C. The van der Waals surface area contributed by atoms with Crippen LogP contribution in [0.3, 0.4) is 0 Å². The van der Waals surface area contributed by atoms with E-state index in [2.05, 4.69) is 59.8 Å². The van der Waals surface area contributed by atoms with Crippen LogP contribution in [0, 0.1) is 56.7 Å². The molecule has 20 nitrogen and oxygen atoms in total. The Bertz CT molecular complexity index is 5500. The molecular formula is C118H134O20. The number of allylic oxidation sites excluding steroid dienone is 2. The number of carbonyl (C=O) groups is 3. The molecule has 0 bridgehead atoms. The Morgan fingerprint density at radius 3 is 1.29 bits per heavy atom. The number of aldehydes is 1. The number of hydrogen-bond donors (Lipinski definition) is 1. The van der Waals surface area contributed by atoms with Gasteiger partial charge >= 0.3 is 11.9 Å². The van der Waals surface area contributed by atoms with Crippen LogP contribution < -0.4 is 0 Å². The minimum atomic E-state index is -1.68. The summed E-state index contributed by atoms with van der Waals surface area (Å²) in [6, 6.07) is 98.8. The molecule has 5 aliphatic carbocycles. The highest BCUT2D eigenvalue weighted by Crippen LogP contribution is 2.71. The predicted octanol–water partition coefficient (Wildman–Crippen LogP) is 21.5.